The van der Waals surface area contributed by atoms with Crippen LogP contribution < -0.4 is 11.1 Å². The normalized spacial score (nSPS) is 22.9. The van der Waals surface area contributed by atoms with Crippen LogP contribution in [0.15, 0.2) is 4.99 Å². The molecule has 0 saturated carbocycles. The van der Waals surface area contributed by atoms with Crippen molar-refractivity contribution in [2.24, 2.45) is 22.6 Å². The molecular weight excluding hydrogens is 497 g/mol. The minimum atomic E-state index is -0.476. The molecule has 2 fully saturated rings. The molecule has 3 N–H and O–H groups in total. The van der Waals surface area contributed by atoms with Gasteiger partial charge >= 0.3 is 6.09 Å². The molecule has 2 heterocycles. The summed E-state index contributed by atoms with van der Waals surface area (Å²) in [6, 6.07) is 0. The highest BCUT2D eigenvalue weighted by Gasteiger charge is 2.28. The Morgan fingerprint density at radius 2 is 1.70 bits per heavy atom. The number of amides is 2. The summed E-state index contributed by atoms with van der Waals surface area (Å²) >= 11 is 0. The number of nitrogens with one attached hydrogen (secondary N) is 1. The lowest BCUT2D eigenvalue weighted by molar-refractivity contribution is -0.119. The number of hydrogen-bond acceptors (Lipinski definition) is 4. The number of nitrogens with two attached hydrogens (primary N) is 1. The van der Waals surface area contributed by atoms with Crippen molar-refractivity contribution in [1.82, 2.24) is 15.1 Å². The summed E-state index contributed by atoms with van der Waals surface area (Å²) in [5, 5.41) is 3.39. The fraction of sp³-hybridized carbons (Fsp3) is 0.857. The lowest BCUT2D eigenvalue weighted by Crippen LogP contribution is -2.48. The number of ether oxygens (including phenoxy) is 1. The second-order valence-electron chi connectivity index (χ2n) is 9.25. The molecule has 2 atom stereocenters. The molecule has 2 unspecified atom stereocenters. The third-order valence-electron chi connectivity index (χ3n) is 5.31. The van der Waals surface area contributed by atoms with Gasteiger partial charge in [0.2, 0.25) is 5.91 Å². The van der Waals surface area contributed by atoms with Crippen LogP contribution in [0.3, 0.4) is 0 Å². The third-order valence-corrected chi connectivity index (χ3v) is 5.31. The molecule has 0 radical (unpaired) electrons. The van der Waals surface area contributed by atoms with Gasteiger partial charge in [-0.05, 0) is 65.2 Å². The number of likely N-dealkylation sites (tertiary alicyclic amines) is 2. The van der Waals surface area contributed by atoms with Crippen molar-refractivity contribution in [3.8, 4) is 0 Å². The highest BCUT2D eigenvalue weighted by Crippen LogP contribution is 2.21. The molecule has 8 nitrogen and oxygen atoms in total. The molecule has 0 aliphatic carbocycles. The van der Waals surface area contributed by atoms with E-state index >= 15 is 0 Å². The van der Waals surface area contributed by atoms with Gasteiger partial charge in [-0.3, -0.25) is 9.79 Å². The third kappa shape index (κ3) is 9.26. The minimum absolute atomic E-state index is 0. The summed E-state index contributed by atoms with van der Waals surface area (Å²) in [6.45, 7) is 12.4. The van der Waals surface area contributed by atoms with Crippen molar-refractivity contribution >= 4 is 41.9 Å². The monoisotopic (exact) mass is 537 g/mol. The van der Waals surface area contributed by atoms with E-state index < -0.39 is 5.60 Å². The highest BCUT2D eigenvalue weighted by atomic mass is 127. The van der Waals surface area contributed by atoms with Crippen molar-refractivity contribution in [1.29, 1.82) is 0 Å². The van der Waals surface area contributed by atoms with Crippen molar-refractivity contribution in [3.63, 3.8) is 0 Å². The summed E-state index contributed by atoms with van der Waals surface area (Å²) in [7, 11) is 0. The maximum atomic E-state index is 12.4. The van der Waals surface area contributed by atoms with Crippen LogP contribution in [0.5, 0.6) is 0 Å². The van der Waals surface area contributed by atoms with Gasteiger partial charge in [0.05, 0.1) is 0 Å². The number of primary amides is 1. The Labute approximate surface area is 198 Å². The van der Waals surface area contributed by atoms with Crippen molar-refractivity contribution < 1.29 is 14.3 Å². The molecule has 2 aliphatic rings. The smallest absolute Gasteiger partial charge is 0.410 e. The second-order valence-corrected chi connectivity index (χ2v) is 9.25. The van der Waals surface area contributed by atoms with Crippen LogP contribution in [0.1, 0.15) is 59.8 Å². The standard InChI is InChI=1S/C21H39N5O3.HI/c1-5-23-19(25-10-6-8-16(14-25)12-18(22)27)24-13-17-9-7-11-26(15-17)20(28)29-21(2,3)4;/h16-17H,5-15H2,1-4H3,(H2,22,27)(H,23,24);1H. The summed E-state index contributed by atoms with van der Waals surface area (Å²) < 4.78 is 5.52. The second kappa shape index (κ2) is 12.6. The SMILES string of the molecule is CCNC(=NCC1CCCN(C(=O)OC(C)(C)C)C1)N1CCCC(CC(N)=O)C1.I. The van der Waals surface area contributed by atoms with Gasteiger partial charge in [0.25, 0.3) is 0 Å². The quantitative estimate of drug-likeness (QED) is 0.319. The molecule has 2 amide bonds. The lowest BCUT2D eigenvalue weighted by atomic mass is 9.95. The Bertz CT molecular complexity index is 594. The van der Waals surface area contributed by atoms with Gasteiger partial charge < -0.3 is 25.6 Å². The first-order valence-corrected chi connectivity index (χ1v) is 11.0. The van der Waals surface area contributed by atoms with E-state index in [0.29, 0.717) is 31.3 Å². The summed E-state index contributed by atoms with van der Waals surface area (Å²) in [5.41, 5.74) is 4.91. The van der Waals surface area contributed by atoms with Crippen LogP contribution in [0.2, 0.25) is 0 Å². The molecule has 0 spiro atoms. The number of halogens is 1. The van der Waals surface area contributed by atoms with Gasteiger partial charge in [0.1, 0.15) is 5.60 Å². The number of carbonyl (C=O) groups excluding carboxylic acids is 2. The van der Waals surface area contributed by atoms with Crippen molar-refractivity contribution in [3.05, 3.63) is 0 Å². The van der Waals surface area contributed by atoms with E-state index in [1.54, 1.807) is 0 Å². The van der Waals surface area contributed by atoms with Crippen molar-refractivity contribution in [2.75, 3.05) is 39.3 Å². The van der Waals surface area contributed by atoms with Gasteiger partial charge in [0.15, 0.2) is 5.96 Å². The van der Waals surface area contributed by atoms with Gasteiger partial charge in [0, 0.05) is 45.7 Å². The molecule has 0 aromatic heterocycles. The first kappa shape index (κ1) is 26.8. The number of hydrogen-bond donors (Lipinski definition) is 2. The topological polar surface area (TPSA) is 100 Å². The predicted octanol–water partition coefficient (Wildman–Crippen LogP) is 2.80. The zero-order valence-corrected chi connectivity index (χ0v) is 21.3. The largest absolute Gasteiger partial charge is 0.444 e. The molecule has 30 heavy (non-hydrogen) atoms. The zero-order chi connectivity index (χ0) is 21.4. The number of guanidine groups is 1. The van der Waals surface area contributed by atoms with E-state index in [4.69, 9.17) is 15.5 Å². The molecule has 0 bridgehead atoms. The van der Waals surface area contributed by atoms with E-state index in [0.717, 1.165) is 57.8 Å². The van der Waals surface area contributed by atoms with E-state index in [2.05, 4.69) is 17.1 Å². The molecule has 2 aliphatic heterocycles. The first-order valence-electron chi connectivity index (χ1n) is 11.0. The number of rotatable bonds is 5. The summed E-state index contributed by atoms with van der Waals surface area (Å²) in [6.07, 6.45) is 4.31. The predicted molar refractivity (Wildman–Crippen MR) is 130 cm³/mol. The Kier molecular flexibility index (Phi) is 11.2. The molecule has 0 aromatic carbocycles. The molecule has 2 saturated heterocycles. The van der Waals surface area contributed by atoms with Crippen LogP contribution in [-0.2, 0) is 9.53 Å². The van der Waals surface area contributed by atoms with Gasteiger partial charge in [-0.25, -0.2) is 4.79 Å². The van der Waals surface area contributed by atoms with Crippen LogP contribution in [-0.4, -0.2) is 72.6 Å². The molecule has 2 rings (SSSR count). The fourth-order valence-corrected chi connectivity index (χ4v) is 4.06. The van der Waals surface area contributed by atoms with E-state index in [9.17, 15) is 9.59 Å². The maximum absolute atomic E-state index is 12.4. The Hall–Kier alpha value is -1.26. The summed E-state index contributed by atoms with van der Waals surface area (Å²) in [5.74, 6) is 1.29. The average molecular weight is 537 g/mol. The molecular formula is C21H40IN5O3. The zero-order valence-electron chi connectivity index (χ0n) is 19.0. The Morgan fingerprint density at radius 1 is 1.10 bits per heavy atom. The maximum Gasteiger partial charge on any atom is 0.410 e. The van der Waals surface area contributed by atoms with Crippen LogP contribution >= 0.6 is 24.0 Å². The molecule has 174 valence electrons. The minimum Gasteiger partial charge on any atom is -0.444 e. The lowest BCUT2D eigenvalue weighted by Gasteiger charge is -2.36. The van der Waals surface area contributed by atoms with Crippen LogP contribution in [0.4, 0.5) is 4.79 Å². The first-order chi connectivity index (χ1) is 13.7. The number of carbonyl (C=O) groups is 2. The van der Waals surface area contributed by atoms with Crippen LogP contribution in [0.25, 0.3) is 0 Å². The number of aliphatic imine (C=N–C) groups is 1. The Morgan fingerprint density at radius 3 is 2.30 bits per heavy atom. The number of nitrogens with zero attached hydrogens (tertiary/aromatic N) is 3. The van der Waals surface area contributed by atoms with Crippen LogP contribution in [0, 0.1) is 11.8 Å². The van der Waals surface area contributed by atoms with Gasteiger partial charge in [-0.2, -0.15) is 0 Å². The average Bonchev–Trinajstić information content (AvgIpc) is 2.63. The van der Waals surface area contributed by atoms with Gasteiger partial charge in [-0.15, -0.1) is 24.0 Å². The van der Waals surface area contributed by atoms with Crippen molar-refractivity contribution in [2.45, 2.75) is 65.4 Å². The molecule has 0 aromatic rings. The fourth-order valence-electron chi connectivity index (χ4n) is 4.06. The van der Waals surface area contributed by atoms with E-state index in [-0.39, 0.29) is 36.0 Å². The van der Waals surface area contributed by atoms with E-state index in [1.165, 1.54) is 0 Å². The van der Waals surface area contributed by atoms with Gasteiger partial charge in [-0.1, -0.05) is 0 Å². The molecule has 9 heteroatoms. The highest BCUT2D eigenvalue weighted by molar-refractivity contribution is 14.0. The summed E-state index contributed by atoms with van der Waals surface area (Å²) in [4.78, 5) is 32.6. The Balaban J connectivity index is 0.00000450. The number of piperidine rings is 2. The van der Waals surface area contributed by atoms with E-state index in [1.807, 2.05) is 25.7 Å².